The van der Waals surface area contributed by atoms with E-state index in [0.717, 1.165) is 87.1 Å². The fourth-order valence-corrected chi connectivity index (χ4v) is 6.63. The van der Waals surface area contributed by atoms with E-state index in [1.165, 1.54) is 24.2 Å². The molecular formula is C25H30F2N4O2S. The molecule has 2 atom stereocenters. The van der Waals surface area contributed by atoms with Gasteiger partial charge in [-0.05, 0) is 75.7 Å². The molecule has 2 aliphatic heterocycles. The molecule has 2 unspecified atom stereocenters. The lowest BCUT2D eigenvalue weighted by atomic mass is 9.89. The Morgan fingerprint density at radius 2 is 1.79 bits per heavy atom. The van der Waals surface area contributed by atoms with Crippen LogP contribution in [0.1, 0.15) is 60.6 Å². The fraction of sp³-hybridized carbons (Fsp3) is 0.560. The summed E-state index contributed by atoms with van der Waals surface area (Å²) in [4.78, 5) is 36.3. The minimum atomic E-state index is -0.709. The number of hydrogen-bond donors (Lipinski definition) is 1. The number of anilines is 1. The van der Waals surface area contributed by atoms with Crippen molar-refractivity contribution in [1.29, 1.82) is 0 Å². The van der Waals surface area contributed by atoms with Crippen molar-refractivity contribution in [3.05, 3.63) is 46.0 Å². The van der Waals surface area contributed by atoms with Gasteiger partial charge in [0.15, 0.2) is 5.13 Å². The summed E-state index contributed by atoms with van der Waals surface area (Å²) in [5.41, 5.74) is 1.06. The monoisotopic (exact) mass is 488 g/mol. The number of halogens is 2. The van der Waals surface area contributed by atoms with Crippen LogP contribution in [0.4, 0.5) is 13.9 Å². The maximum Gasteiger partial charge on any atom is 0.232 e. The van der Waals surface area contributed by atoms with E-state index in [4.69, 9.17) is 0 Å². The van der Waals surface area contributed by atoms with Gasteiger partial charge < -0.3 is 15.1 Å². The molecule has 2 amide bonds. The second-order valence-corrected chi connectivity index (χ2v) is 10.7. The number of benzene rings is 1. The van der Waals surface area contributed by atoms with Crippen LogP contribution in [0.5, 0.6) is 0 Å². The first-order chi connectivity index (χ1) is 16.5. The highest BCUT2D eigenvalue weighted by Gasteiger charge is 2.38. The number of carbonyl (C=O) groups is 2. The van der Waals surface area contributed by atoms with Crippen molar-refractivity contribution in [2.24, 2.45) is 0 Å². The number of nitrogens with one attached hydrogen (secondary N) is 1. The SMILES string of the molecule is O=C(Cc1cc(F)cc(F)c1)Nc1nc2c(s1)CCCC2C(=O)N1CCCC1CN1CCCC1. The van der Waals surface area contributed by atoms with Crippen molar-refractivity contribution in [2.45, 2.75) is 63.3 Å². The molecule has 3 aliphatic rings. The quantitative estimate of drug-likeness (QED) is 0.665. The van der Waals surface area contributed by atoms with Crippen LogP contribution >= 0.6 is 11.3 Å². The van der Waals surface area contributed by atoms with Crippen molar-refractivity contribution in [3.8, 4) is 0 Å². The van der Waals surface area contributed by atoms with E-state index in [9.17, 15) is 18.4 Å². The fourth-order valence-electron chi connectivity index (χ4n) is 5.55. The van der Waals surface area contributed by atoms with Crippen LogP contribution in [-0.4, -0.2) is 58.8 Å². The molecule has 0 saturated carbocycles. The molecule has 1 aromatic heterocycles. The van der Waals surface area contributed by atoms with Crippen LogP contribution in [0, 0.1) is 11.6 Å². The van der Waals surface area contributed by atoms with Gasteiger partial charge in [-0.3, -0.25) is 9.59 Å². The van der Waals surface area contributed by atoms with Gasteiger partial charge in [-0.15, -0.1) is 11.3 Å². The van der Waals surface area contributed by atoms with Crippen LogP contribution in [-0.2, 0) is 22.4 Å². The van der Waals surface area contributed by atoms with E-state index < -0.39 is 11.6 Å². The zero-order chi connectivity index (χ0) is 23.7. The summed E-state index contributed by atoms with van der Waals surface area (Å²) in [7, 11) is 0. The number of fused-ring (bicyclic) bond motifs is 1. The van der Waals surface area contributed by atoms with Crippen LogP contribution in [0.15, 0.2) is 18.2 Å². The maximum absolute atomic E-state index is 13.6. The van der Waals surface area contributed by atoms with Crippen molar-refractivity contribution >= 4 is 28.3 Å². The molecule has 0 bridgehead atoms. The summed E-state index contributed by atoms with van der Waals surface area (Å²) >= 11 is 1.40. The first-order valence-corrected chi connectivity index (χ1v) is 13.0. The Hall–Kier alpha value is -2.39. The van der Waals surface area contributed by atoms with E-state index in [-0.39, 0.29) is 35.8 Å². The number of hydrogen-bond acceptors (Lipinski definition) is 5. The zero-order valence-electron chi connectivity index (χ0n) is 19.2. The van der Waals surface area contributed by atoms with Crippen LogP contribution in [0.2, 0.25) is 0 Å². The molecule has 3 heterocycles. The van der Waals surface area contributed by atoms with Gasteiger partial charge >= 0.3 is 0 Å². The van der Waals surface area contributed by atoms with Crippen molar-refractivity contribution in [3.63, 3.8) is 0 Å². The Morgan fingerprint density at radius 3 is 2.56 bits per heavy atom. The standard InChI is InChI=1S/C25H30F2N4O2S/c26-17-11-16(12-18(27)14-17)13-22(32)28-25-29-23-20(6-3-7-21(23)34-25)24(33)31-10-4-5-19(31)15-30-8-1-2-9-30/h11-12,14,19-20H,1-10,13,15H2,(H,28,29,32). The van der Waals surface area contributed by atoms with Gasteiger partial charge in [0.05, 0.1) is 18.0 Å². The van der Waals surface area contributed by atoms with Gasteiger partial charge in [0, 0.05) is 30.1 Å². The van der Waals surface area contributed by atoms with E-state index in [1.54, 1.807) is 0 Å². The topological polar surface area (TPSA) is 65.5 Å². The van der Waals surface area contributed by atoms with E-state index in [0.29, 0.717) is 5.13 Å². The average Bonchev–Trinajstić information content (AvgIpc) is 3.53. The van der Waals surface area contributed by atoms with E-state index in [1.807, 2.05) is 0 Å². The van der Waals surface area contributed by atoms with Crippen LogP contribution < -0.4 is 5.32 Å². The number of likely N-dealkylation sites (tertiary alicyclic amines) is 2. The van der Waals surface area contributed by atoms with E-state index in [2.05, 4.69) is 20.1 Å². The third-order valence-electron chi connectivity index (χ3n) is 7.11. The number of carbonyl (C=O) groups excluding carboxylic acids is 2. The minimum Gasteiger partial charge on any atom is -0.338 e. The Bertz CT molecular complexity index is 1050. The minimum absolute atomic E-state index is 0.146. The molecule has 2 fully saturated rings. The van der Waals surface area contributed by atoms with Gasteiger partial charge in [-0.1, -0.05) is 0 Å². The predicted octanol–water partition coefficient (Wildman–Crippen LogP) is 4.11. The highest BCUT2D eigenvalue weighted by Crippen LogP contribution is 2.39. The van der Waals surface area contributed by atoms with Gasteiger partial charge in [0.1, 0.15) is 11.6 Å². The molecule has 1 aliphatic carbocycles. The summed E-state index contributed by atoms with van der Waals surface area (Å²) < 4.78 is 26.9. The molecule has 34 heavy (non-hydrogen) atoms. The highest BCUT2D eigenvalue weighted by atomic mass is 32.1. The first kappa shape index (κ1) is 23.4. The highest BCUT2D eigenvalue weighted by molar-refractivity contribution is 7.15. The number of aromatic nitrogens is 1. The third kappa shape index (κ3) is 5.15. The van der Waals surface area contributed by atoms with Crippen molar-refractivity contribution in [1.82, 2.24) is 14.8 Å². The normalized spacial score (nSPS) is 22.7. The van der Waals surface area contributed by atoms with Gasteiger partial charge in [-0.25, -0.2) is 13.8 Å². The Morgan fingerprint density at radius 1 is 1.03 bits per heavy atom. The number of thiazole rings is 1. The Labute approximate surface area is 202 Å². The molecule has 0 spiro atoms. The molecule has 2 aromatic rings. The van der Waals surface area contributed by atoms with Crippen molar-refractivity contribution in [2.75, 3.05) is 31.5 Å². The first-order valence-electron chi connectivity index (χ1n) is 12.2. The van der Waals surface area contributed by atoms with Gasteiger partial charge in [0.25, 0.3) is 0 Å². The average molecular weight is 489 g/mol. The van der Waals surface area contributed by atoms with Crippen LogP contribution in [0.25, 0.3) is 0 Å². The van der Waals surface area contributed by atoms with Gasteiger partial charge in [-0.2, -0.15) is 0 Å². The summed E-state index contributed by atoms with van der Waals surface area (Å²) in [6.45, 7) is 4.03. The molecule has 9 heteroatoms. The lowest BCUT2D eigenvalue weighted by molar-refractivity contribution is -0.134. The second-order valence-electron chi connectivity index (χ2n) is 9.61. The second kappa shape index (κ2) is 10.1. The number of nitrogens with zero attached hydrogens (tertiary/aromatic N) is 3. The Kier molecular flexibility index (Phi) is 6.92. The Balaban J connectivity index is 1.26. The molecule has 2 saturated heterocycles. The molecule has 5 rings (SSSR count). The van der Waals surface area contributed by atoms with Crippen molar-refractivity contribution < 1.29 is 18.4 Å². The molecule has 6 nitrogen and oxygen atoms in total. The smallest absolute Gasteiger partial charge is 0.232 e. The van der Waals surface area contributed by atoms with Crippen LogP contribution in [0.3, 0.4) is 0 Å². The maximum atomic E-state index is 13.6. The summed E-state index contributed by atoms with van der Waals surface area (Å²) in [6, 6.07) is 3.36. The predicted molar refractivity (Wildman–Crippen MR) is 127 cm³/mol. The lowest BCUT2D eigenvalue weighted by Gasteiger charge is -2.32. The largest absolute Gasteiger partial charge is 0.338 e. The summed E-state index contributed by atoms with van der Waals surface area (Å²) in [5, 5.41) is 3.21. The molecular weight excluding hydrogens is 458 g/mol. The van der Waals surface area contributed by atoms with Gasteiger partial charge in [0.2, 0.25) is 11.8 Å². The molecule has 1 aromatic carbocycles. The number of amides is 2. The molecule has 0 radical (unpaired) electrons. The lowest BCUT2D eigenvalue weighted by Crippen LogP contribution is -2.45. The zero-order valence-corrected chi connectivity index (χ0v) is 20.0. The molecule has 182 valence electrons. The summed E-state index contributed by atoms with van der Waals surface area (Å²) in [6.07, 6.45) is 6.99. The molecule has 1 N–H and O–H groups in total. The van der Waals surface area contributed by atoms with E-state index >= 15 is 0 Å². The number of rotatable bonds is 6. The number of aryl methyl sites for hydroxylation is 1. The third-order valence-corrected chi connectivity index (χ3v) is 8.16. The summed E-state index contributed by atoms with van der Waals surface area (Å²) in [5.74, 6) is -1.90.